The second kappa shape index (κ2) is 10.2. The molecule has 0 aliphatic carbocycles. The van der Waals surface area contributed by atoms with E-state index in [1.807, 2.05) is 31.2 Å². The van der Waals surface area contributed by atoms with E-state index < -0.39 is 0 Å². The molecule has 0 unspecified atom stereocenters. The van der Waals surface area contributed by atoms with Gasteiger partial charge in [0.15, 0.2) is 5.82 Å². The molecule has 3 rings (SSSR count). The Bertz CT molecular complexity index is 846. The minimum Gasteiger partial charge on any atom is -0.375 e. The van der Waals surface area contributed by atoms with Crippen LogP contribution >= 0.6 is 0 Å². The van der Waals surface area contributed by atoms with Crippen molar-refractivity contribution in [2.75, 3.05) is 57.9 Å². The average Bonchev–Trinajstić information content (AvgIpc) is 2.78. The summed E-state index contributed by atoms with van der Waals surface area (Å²) >= 11 is 0. The first-order valence-corrected chi connectivity index (χ1v) is 10.2. The molecule has 2 aromatic rings. The van der Waals surface area contributed by atoms with E-state index in [1.165, 1.54) is 17.6 Å². The summed E-state index contributed by atoms with van der Waals surface area (Å²) in [5.41, 5.74) is 3.09. The largest absolute Gasteiger partial charge is 0.375 e. The third-order valence-electron chi connectivity index (χ3n) is 5.28. The molecule has 0 bridgehead atoms. The smallest absolute Gasteiger partial charge is 0.249 e. The van der Waals surface area contributed by atoms with E-state index in [-0.39, 0.29) is 25.0 Å². The lowest BCUT2D eigenvalue weighted by Crippen LogP contribution is -2.52. The first-order chi connectivity index (χ1) is 14.5. The van der Waals surface area contributed by atoms with Crippen LogP contribution in [-0.4, -0.2) is 84.8 Å². The number of carbonyl (C=O) groups is 2. The molecule has 1 aliphatic heterocycles. The van der Waals surface area contributed by atoms with Gasteiger partial charge in [0.25, 0.3) is 0 Å². The molecule has 0 atom stereocenters. The number of piperazine rings is 1. The number of benzene rings is 1. The molecule has 8 heteroatoms. The van der Waals surface area contributed by atoms with Crippen LogP contribution in [0.3, 0.4) is 0 Å². The van der Waals surface area contributed by atoms with E-state index >= 15 is 0 Å². The lowest BCUT2D eigenvalue weighted by molar-refractivity contribution is -0.142. The van der Waals surface area contributed by atoms with Gasteiger partial charge in [-0.1, -0.05) is 29.8 Å². The summed E-state index contributed by atoms with van der Waals surface area (Å²) in [6.45, 7) is 7.03. The minimum atomic E-state index is -0.170. The van der Waals surface area contributed by atoms with Crippen molar-refractivity contribution >= 4 is 17.6 Å². The number of hydrogen-bond acceptors (Lipinski definition) is 6. The molecule has 0 N–H and O–H groups in total. The fraction of sp³-hybridized carbons (Fsp3) is 0.455. The van der Waals surface area contributed by atoms with Crippen LogP contribution < -0.4 is 4.90 Å². The molecule has 1 saturated heterocycles. The molecular weight excluding hydrogens is 382 g/mol. The fourth-order valence-corrected chi connectivity index (χ4v) is 3.41. The van der Waals surface area contributed by atoms with Crippen molar-refractivity contribution in [3.05, 3.63) is 42.0 Å². The third kappa shape index (κ3) is 5.33. The number of methoxy groups -OCH3 is 1. The van der Waals surface area contributed by atoms with E-state index in [9.17, 15) is 9.59 Å². The van der Waals surface area contributed by atoms with Gasteiger partial charge in [0.2, 0.25) is 11.8 Å². The normalized spacial score (nSPS) is 14.0. The molecule has 0 radical (unpaired) electrons. The van der Waals surface area contributed by atoms with Crippen molar-refractivity contribution in [1.29, 1.82) is 0 Å². The average molecular weight is 412 g/mol. The Morgan fingerprint density at radius 3 is 2.30 bits per heavy atom. The zero-order valence-corrected chi connectivity index (χ0v) is 17.9. The van der Waals surface area contributed by atoms with Gasteiger partial charge in [-0.05, 0) is 26.0 Å². The first kappa shape index (κ1) is 21.7. The second-order valence-electron chi connectivity index (χ2n) is 7.35. The summed E-state index contributed by atoms with van der Waals surface area (Å²) in [5, 5.41) is 8.75. The van der Waals surface area contributed by atoms with E-state index in [1.54, 1.807) is 4.90 Å². The molecule has 1 aromatic carbocycles. The Kier molecular flexibility index (Phi) is 7.35. The van der Waals surface area contributed by atoms with Gasteiger partial charge in [-0.3, -0.25) is 9.59 Å². The molecule has 1 aromatic heterocycles. The van der Waals surface area contributed by atoms with Crippen molar-refractivity contribution in [1.82, 2.24) is 20.0 Å². The number of ether oxygens (including phenoxy) is 1. The molecule has 0 saturated carbocycles. The van der Waals surface area contributed by atoms with E-state index in [0.29, 0.717) is 32.7 Å². The topological polar surface area (TPSA) is 78.9 Å². The van der Waals surface area contributed by atoms with Gasteiger partial charge in [-0.25, -0.2) is 0 Å². The maximum Gasteiger partial charge on any atom is 0.249 e. The van der Waals surface area contributed by atoms with Crippen molar-refractivity contribution in [3.63, 3.8) is 0 Å². The van der Waals surface area contributed by atoms with Gasteiger partial charge in [-0.15, -0.1) is 10.2 Å². The molecule has 1 fully saturated rings. The number of anilines is 1. The third-order valence-corrected chi connectivity index (χ3v) is 5.28. The molecule has 8 nitrogen and oxygen atoms in total. The molecule has 2 amide bonds. The highest BCUT2D eigenvalue weighted by atomic mass is 16.5. The highest BCUT2D eigenvalue weighted by Gasteiger charge is 2.24. The number of rotatable bonds is 7. The summed E-state index contributed by atoms with van der Waals surface area (Å²) in [5.74, 6) is 0.598. The van der Waals surface area contributed by atoms with Crippen LogP contribution in [0.1, 0.15) is 12.5 Å². The maximum absolute atomic E-state index is 12.6. The van der Waals surface area contributed by atoms with Crippen LogP contribution in [0.25, 0.3) is 11.3 Å². The van der Waals surface area contributed by atoms with Gasteiger partial charge < -0.3 is 19.4 Å². The quantitative estimate of drug-likeness (QED) is 0.689. The first-order valence-electron chi connectivity index (χ1n) is 10.2. The summed E-state index contributed by atoms with van der Waals surface area (Å²) in [4.78, 5) is 30.0. The predicted molar refractivity (Wildman–Crippen MR) is 115 cm³/mol. The SMILES string of the molecule is CCN(CC(=O)N1CCN(c2ccc(-c3ccc(C)cc3)nn2)CC1)C(=O)COC. The molecule has 30 heavy (non-hydrogen) atoms. The van der Waals surface area contributed by atoms with Crippen LogP contribution in [0.5, 0.6) is 0 Å². The lowest BCUT2D eigenvalue weighted by atomic mass is 10.1. The Balaban J connectivity index is 1.54. The molecule has 2 heterocycles. The van der Waals surface area contributed by atoms with Gasteiger partial charge in [-0.2, -0.15) is 0 Å². The molecule has 1 aliphatic rings. The zero-order chi connectivity index (χ0) is 21.5. The number of carbonyl (C=O) groups excluding carboxylic acids is 2. The van der Waals surface area contributed by atoms with Gasteiger partial charge in [0, 0.05) is 45.4 Å². The van der Waals surface area contributed by atoms with Gasteiger partial charge in [0.1, 0.15) is 6.61 Å². The van der Waals surface area contributed by atoms with Crippen molar-refractivity contribution < 1.29 is 14.3 Å². The maximum atomic E-state index is 12.6. The zero-order valence-electron chi connectivity index (χ0n) is 17.9. The van der Waals surface area contributed by atoms with E-state index in [0.717, 1.165) is 17.1 Å². The van der Waals surface area contributed by atoms with Crippen molar-refractivity contribution in [3.8, 4) is 11.3 Å². The summed E-state index contributed by atoms with van der Waals surface area (Å²) in [6, 6.07) is 12.2. The number of aryl methyl sites for hydroxylation is 1. The van der Waals surface area contributed by atoms with Crippen LogP contribution in [0.4, 0.5) is 5.82 Å². The number of nitrogens with zero attached hydrogens (tertiary/aromatic N) is 5. The number of aromatic nitrogens is 2. The number of amides is 2. The highest BCUT2D eigenvalue weighted by molar-refractivity contribution is 5.85. The van der Waals surface area contributed by atoms with Crippen LogP contribution in [0.2, 0.25) is 0 Å². The highest BCUT2D eigenvalue weighted by Crippen LogP contribution is 2.20. The standard InChI is InChI=1S/C22H29N5O3/c1-4-25(22(29)16-30-3)15-21(28)27-13-11-26(12-14-27)20-10-9-19(23-24-20)18-7-5-17(2)6-8-18/h5-10H,4,11-16H2,1-3H3. The fourth-order valence-electron chi connectivity index (χ4n) is 3.41. The van der Waals surface area contributed by atoms with Crippen LogP contribution in [0.15, 0.2) is 36.4 Å². The lowest BCUT2D eigenvalue weighted by Gasteiger charge is -2.36. The van der Waals surface area contributed by atoms with Gasteiger partial charge >= 0.3 is 0 Å². The number of likely N-dealkylation sites (N-methyl/N-ethyl adjacent to an activating group) is 1. The van der Waals surface area contributed by atoms with Gasteiger partial charge in [0.05, 0.1) is 12.2 Å². The van der Waals surface area contributed by atoms with Crippen LogP contribution in [0, 0.1) is 6.92 Å². The monoisotopic (exact) mass is 411 g/mol. The molecule has 0 spiro atoms. The molecule has 160 valence electrons. The Morgan fingerprint density at radius 1 is 1.03 bits per heavy atom. The molecular formula is C22H29N5O3. The number of hydrogen-bond donors (Lipinski definition) is 0. The Morgan fingerprint density at radius 2 is 1.73 bits per heavy atom. The van der Waals surface area contributed by atoms with E-state index in [2.05, 4.69) is 34.2 Å². The summed E-state index contributed by atoms with van der Waals surface area (Å²) in [6.07, 6.45) is 0. The predicted octanol–water partition coefficient (Wildman–Crippen LogP) is 1.60. The van der Waals surface area contributed by atoms with Crippen LogP contribution in [-0.2, 0) is 14.3 Å². The Hall–Kier alpha value is -3.00. The summed E-state index contributed by atoms with van der Waals surface area (Å²) in [7, 11) is 1.48. The van der Waals surface area contributed by atoms with E-state index in [4.69, 9.17) is 4.74 Å². The minimum absolute atomic E-state index is 0.00779. The van der Waals surface area contributed by atoms with Crippen molar-refractivity contribution in [2.45, 2.75) is 13.8 Å². The Labute approximate surface area is 177 Å². The van der Waals surface area contributed by atoms with Crippen molar-refractivity contribution in [2.24, 2.45) is 0 Å². The summed E-state index contributed by atoms with van der Waals surface area (Å²) < 4.78 is 4.88. The second-order valence-corrected chi connectivity index (χ2v) is 7.35.